The van der Waals surface area contributed by atoms with Crippen molar-refractivity contribution < 1.29 is 8.42 Å². The predicted octanol–water partition coefficient (Wildman–Crippen LogP) is 3.93. The summed E-state index contributed by atoms with van der Waals surface area (Å²) < 4.78 is 29.1. The molecule has 4 nitrogen and oxygen atoms in total. The Morgan fingerprint density at radius 1 is 1.08 bits per heavy atom. The van der Waals surface area contributed by atoms with Gasteiger partial charge in [-0.1, -0.05) is 35.9 Å². The quantitative estimate of drug-likeness (QED) is 0.736. The van der Waals surface area contributed by atoms with Gasteiger partial charge in [0, 0.05) is 22.6 Å². The molecule has 4 rings (SSSR count). The van der Waals surface area contributed by atoms with Crippen molar-refractivity contribution in [1.82, 2.24) is 9.71 Å². The maximum atomic E-state index is 13.0. The minimum Gasteiger partial charge on any atom is -0.358 e. The summed E-state index contributed by atoms with van der Waals surface area (Å²) in [7, 11) is -3.54. The minimum atomic E-state index is -3.54. The van der Waals surface area contributed by atoms with Crippen molar-refractivity contribution in [3.63, 3.8) is 0 Å². The van der Waals surface area contributed by atoms with Crippen molar-refractivity contribution in [1.29, 1.82) is 0 Å². The Kier molecular flexibility index (Phi) is 4.16. The van der Waals surface area contributed by atoms with Crippen LogP contribution in [-0.4, -0.2) is 19.4 Å². The van der Waals surface area contributed by atoms with Gasteiger partial charge in [-0.3, -0.25) is 0 Å². The van der Waals surface area contributed by atoms with Crippen LogP contribution in [0.3, 0.4) is 0 Å². The summed E-state index contributed by atoms with van der Waals surface area (Å²) in [6.07, 6.45) is 2.40. The first kappa shape index (κ1) is 17.3. The molecule has 0 saturated heterocycles. The van der Waals surface area contributed by atoms with Gasteiger partial charge in [0.25, 0.3) is 0 Å². The molecule has 1 unspecified atom stereocenters. The number of fused-ring (bicyclic) bond motifs is 3. The molecule has 1 aromatic heterocycles. The molecule has 0 saturated carbocycles. The number of sulfonamides is 1. The number of aromatic amines is 1. The normalized spacial score (nSPS) is 17.4. The zero-order valence-corrected chi connectivity index (χ0v) is 16.2. The van der Waals surface area contributed by atoms with Gasteiger partial charge in [0.15, 0.2) is 0 Å². The molecule has 1 atom stereocenters. The maximum absolute atomic E-state index is 13.0. The summed E-state index contributed by atoms with van der Waals surface area (Å²) in [6.45, 7) is 5.73. The molecule has 0 aliphatic heterocycles. The Labute approximate surface area is 154 Å². The van der Waals surface area contributed by atoms with Crippen LogP contribution >= 0.6 is 0 Å². The van der Waals surface area contributed by atoms with Gasteiger partial charge in [-0.15, -0.1) is 0 Å². The van der Waals surface area contributed by atoms with E-state index < -0.39 is 10.0 Å². The number of nitrogens with one attached hydrogen (secondary N) is 2. The monoisotopic (exact) mass is 368 g/mol. The average Bonchev–Trinajstić information content (AvgIpc) is 2.91. The highest BCUT2D eigenvalue weighted by Crippen LogP contribution is 2.30. The number of aryl methyl sites for hydroxylation is 4. The zero-order valence-electron chi connectivity index (χ0n) is 15.4. The van der Waals surface area contributed by atoms with Gasteiger partial charge in [0.05, 0.1) is 4.90 Å². The third-order valence-electron chi connectivity index (χ3n) is 5.29. The van der Waals surface area contributed by atoms with E-state index in [1.54, 1.807) is 0 Å². The Hall–Kier alpha value is -2.11. The number of para-hydroxylation sites is 1. The molecule has 2 N–H and O–H groups in total. The second-order valence-electron chi connectivity index (χ2n) is 7.42. The van der Waals surface area contributed by atoms with Crippen LogP contribution in [0.5, 0.6) is 0 Å². The molecule has 5 heteroatoms. The second-order valence-corrected chi connectivity index (χ2v) is 9.07. The van der Waals surface area contributed by atoms with E-state index in [1.807, 2.05) is 45.0 Å². The van der Waals surface area contributed by atoms with E-state index in [-0.39, 0.29) is 6.04 Å². The summed E-state index contributed by atoms with van der Waals surface area (Å²) >= 11 is 0. The fraction of sp³-hybridized carbons (Fsp3) is 0.333. The SMILES string of the molecule is Cc1cc(C)c(S(=O)(=O)NC2CCc3[nH]c4ccccc4c3C2)c(C)c1. The summed E-state index contributed by atoms with van der Waals surface area (Å²) in [5.41, 5.74) is 6.31. The average molecular weight is 369 g/mol. The smallest absolute Gasteiger partial charge is 0.241 e. The number of rotatable bonds is 3. The lowest BCUT2D eigenvalue weighted by Gasteiger charge is -2.24. The Bertz CT molecular complexity index is 1070. The maximum Gasteiger partial charge on any atom is 0.241 e. The molecular weight excluding hydrogens is 344 g/mol. The van der Waals surface area contributed by atoms with Crippen LogP contribution < -0.4 is 4.72 Å². The van der Waals surface area contributed by atoms with Crippen LogP contribution in [0.1, 0.15) is 34.4 Å². The molecule has 0 radical (unpaired) electrons. The number of benzene rings is 2. The van der Waals surface area contributed by atoms with Crippen LogP contribution in [0.2, 0.25) is 0 Å². The largest absolute Gasteiger partial charge is 0.358 e. The molecule has 0 spiro atoms. The molecule has 26 heavy (non-hydrogen) atoms. The van der Waals surface area contributed by atoms with Gasteiger partial charge >= 0.3 is 0 Å². The molecule has 0 fully saturated rings. The van der Waals surface area contributed by atoms with E-state index in [0.29, 0.717) is 4.90 Å². The third kappa shape index (κ3) is 2.95. The fourth-order valence-corrected chi connectivity index (χ4v) is 6.06. The van der Waals surface area contributed by atoms with Crippen molar-refractivity contribution in [2.24, 2.45) is 0 Å². The number of H-pyrrole nitrogens is 1. The van der Waals surface area contributed by atoms with Crippen molar-refractivity contribution >= 4 is 20.9 Å². The van der Waals surface area contributed by atoms with Gasteiger partial charge in [-0.05, 0) is 62.8 Å². The van der Waals surface area contributed by atoms with E-state index in [2.05, 4.69) is 21.8 Å². The molecule has 0 bridgehead atoms. The van der Waals surface area contributed by atoms with Gasteiger partial charge in [-0.25, -0.2) is 13.1 Å². The molecule has 1 aliphatic rings. The first-order valence-electron chi connectivity index (χ1n) is 9.04. The highest BCUT2D eigenvalue weighted by Gasteiger charge is 2.28. The Morgan fingerprint density at radius 2 is 1.77 bits per heavy atom. The molecule has 3 aromatic rings. The van der Waals surface area contributed by atoms with Gasteiger partial charge in [0.2, 0.25) is 10.0 Å². The Morgan fingerprint density at radius 3 is 2.50 bits per heavy atom. The zero-order chi connectivity index (χ0) is 18.5. The van der Waals surface area contributed by atoms with Crippen molar-refractivity contribution in [3.8, 4) is 0 Å². The summed E-state index contributed by atoms with van der Waals surface area (Å²) in [6, 6.07) is 12.0. The lowest BCUT2D eigenvalue weighted by Crippen LogP contribution is -2.39. The first-order chi connectivity index (χ1) is 12.3. The number of hydrogen-bond donors (Lipinski definition) is 2. The van der Waals surface area contributed by atoms with Crippen molar-refractivity contribution in [3.05, 3.63) is 64.3 Å². The van der Waals surface area contributed by atoms with E-state index >= 15 is 0 Å². The number of hydrogen-bond acceptors (Lipinski definition) is 2. The van der Waals surface area contributed by atoms with Crippen LogP contribution in [0, 0.1) is 20.8 Å². The first-order valence-corrected chi connectivity index (χ1v) is 10.5. The van der Waals surface area contributed by atoms with Crippen LogP contribution in [0.25, 0.3) is 10.9 Å². The lowest BCUT2D eigenvalue weighted by atomic mass is 9.92. The molecule has 136 valence electrons. The third-order valence-corrected chi connectivity index (χ3v) is 7.12. The standard InChI is InChI=1S/C21H24N2O2S/c1-13-10-14(2)21(15(3)11-13)26(24,25)23-16-8-9-20-18(12-16)17-6-4-5-7-19(17)22-20/h4-7,10-11,16,22-23H,8-9,12H2,1-3H3. The van der Waals surface area contributed by atoms with E-state index in [1.165, 1.54) is 16.6 Å². The van der Waals surface area contributed by atoms with Crippen molar-refractivity contribution in [2.45, 2.75) is 51.0 Å². The van der Waals surface area contributed by atoms with E-state index in [4.69, 9.17) is 0 Å². The molecule has 0 amide bonds. The second kappa shape index (κ2) is 6.25. The fourth-order valence-electron chi connectivity index (χ4n) is 4.34. The highest BCUT2D eigenvalue weighted by molar-refractivity contribution is 7.89. The highest BCUT2D eigenvalue weighted by atomic mass is 32.2. The van der Waals surface area contributed by atoms with E-state index in [0.717, 1.165) is 41.5 Å². The van der Waals surface area contributed by atoms with Crippen LogP contribution in [-0.2, 0) is 22.9 Å². The molecule has 2 aromatic carbocycles. The van der Waals surface area contributed by atoms with Gasteiger partial charge < -0.3 is 4.98 Å². The van der Waals surface area contributed by atoms with Crippen LogP contribution in [0.4, 0.5) is 0 Å². The summed E-state index contributed by atoms with van der Waals surface area (Å²) in [5.74, 6) is 0. The molecular formula is C21H24N2O2S. The van der Waals surface area contributed by atoms with Crippen LogP contribution in [0.15, 0.2) is 41.3 Å². The number of aromatic nitrogens is 1. The van der Waals surface area contributed by atoms with Gasteiger partial charge in [0.1, 0.15) is 0 Å². The predicted molar refractivity (Wildman–Crippen MR) is 105 cm³/mol. The van der Waals surface area contributed by atoms with Crippen molar-refractivity contribution in [2.75, 3.05) is 0 Å². The minimum absolute atomic E-state index is 0.0770. The van der Waals surface area contributed by atoms with E-state index in [9.17, 15) is 8.42 Å². The molecule has 1 heterocycles. The summed E-state index contributed by atoms with van der Waals surface area (Å²) in [5, 5.41) is 1.20. The van der Waals surface area contributed by atoms with Gasteiger partial charge in [-0.2, -0.15) is 0 Å². The topological polar surface area (TPSA) is 62.0 Å². The molecule has 1 aliphatic carbocycles. The summed E-state index contributed by atoms with van der Waals surface area (Å²) in [4.78, 5) is 3.90. The Balaban J connectivity index is 1.64. The lowest BCUT2D eigenvalue weighted by molar-refractivity contribution is 0.506.